The van der Waals surface area contributed by atoms with Crippen LogP contribution in [0.25, 0.3) is 0 Å². The summed E-state index contributed by atoms with van der Waals surface area (Å²) in [6.45, 7) is 7.63. The molecular formula is C12H26N4O2S. The smallest absolute Gasteiger partial charge is 0.211 e. The van der Waals surface area contributed by atoms with E-state index in [1.807, 2.05) is 13.8 Å². The number of piperazine rings is 1. The Kier molecular flexibility index (Phi) is 5.34. The zero-order valence-corrected chi connectivity index (χ0v) is 13.0. The molecule has 0 aromatic rings. The first-order valence-electron chi connectivity index (χ1n) is 6.65. The van der Waals surface area contributed by atoms with Crippen LogP contribution >= 0.6 is 0 Å². The van der Waals surface area contributed by atoms with Gasteiger partial charge in [0.25, 0.3) is 0 Å². The largest absolute Gasteiger partial charge is 0.387 e. The SMILES string of the molecule is CC(C)(CCCN1CCN(S(C)(=O)=O)CC1)C(=N)N. The Labute approximate surface area is 116 Å². The van der Waals surface area contributed by atoms with E-state index in [9.17, 15) is 8.42 Å². The Bertz CT molecular complexity index is 411. The standard InChI is InChI=1S/C12H26N4O2S/c1-12(2,11(13)14)5-4-6-15-7-9-16(10-8-15)19(3,17)18/h4-10H2,1-3H3,(H3,13,14). The molecule has 1 fully saturated rings. The van der Waals surface area contributed by atoms with Crippen molar-refractivity contribution in [2.45, 2.75) is 26.7 Å². The topological polar surface area (TPSA) is 90.5 Å². The van der Waals surface area contributed by atoms with Gasteiger partial charge < -0.3 is 10.6 Å². The van der Waals surface area contributed by atoms with Gasteiger partial charge in [-0.15, -0.1) is 0 Å². The first kappa shape index (κ1) is 16.4. The summed E-state index contributed by atoms with van der Waals surface area (Å²) in [5, 5.41) is 7.51. The lowest BCUT2D eigenvalue weighted by atomic mass is 9.86. The molecule has 6 nitrogen and oxygen atoms in total. The number of amidine groups is 1. The van der Waals surface area contributed by atoms with Crippen LogP contribution < -0.4 is 5.73 Å². The second-order valence-corrected chi connectivity index (χ2v) is 7.89. The van der Waals surface area contributed by atoms with Gasteiger partial charge in [-0.1, -0.05) is 13.8 Å². The molecule has 112 valence electrons. The number of hydrogen-bond donors (Lipinski definition) is 2. The molecular weight excluding hydrogens is 264 g/mol. The highest BCUT2D eigenvalue weighted by Crippen LogP contribution is 2.22. The number of nitrogens with zero attached hydrogens (tertiary/aromatic N) is 2. The average molecular weight is 290 g/mol. The van der Waals surface area contributed by atoms with E-state index >= 15 is 0 Å². The number of sulfonamides is 1. The number of rotatable bonds is 6. The molecule has 1 saturated heterocycles. The van der Waals surface area contributed by atoms with Gasteiger partial charge in [-0.05, 0) is 19.4 Å². The lowest BCUT2D eigenvalue weighted by Gasteiger charge is -2.33. The van der Waals surface area contributed by atoms with Gasteiger partial charge >= 0.3 is 0 Å². The molecule has 3 N–H and O–H groups in total. The minimum absolute atomic E-state index is 0.231. The predicted octanol–water partition coefficient (Wildman–Crippen LogP) is 0.306. The molecule has 0 bridgehead atoms. The van der Waals surface area contributed by atoms with Crippen LogP contribution in [0.15, 0.2) is 0 Å². The van der Waals surface area contributed by atoms with Crippen molar-refractivity contribution in [3.63, 3.8) is 0 Å². The number of nitrogens with one attached hydrogen (secondary N) is 1. The van der Waals surface area contributed by atoms with Crippen molar-refractivity contribution in [3.8, 4) is 0 Å². The van der Waals surface area contributed by atoms with Crippen LogP contribution in [0.2, 0.25) is 0 Å². The van der Waals surface area contributed by atoms with Crippen molar-refractivity contribution in [2.75, 3.05) is 39.0 Å². The van der Waals surface area contributed by atoms with Gasteiger partial charge in [0.2, 0.25) is 10.0 Å². The van der Waals surface area contributed by atoms with E-state index in [0.717, 1.165) is 32.5 Å². The molecule has 1 rings (SSSR count). The van der Waals surface area contributed by atoms with Crippen LogP contribution in [0.5, 0.6) is 0 Å². The normalized spacial score (nSPS) is 19.5. The summed E-state index contributed by atoms with van der Waals surface area (Å²) in [6, 6.07) is 0. The predicted molar refractivity (Wildman–Crippen MR) is 77.8 cm³/mol. The molecule has 0 aromatic carbocycles. The third-order valence-corrected chi connectivity index (χ3v) is 5.11. The quantitative estimate of drug-likeness (QED) is 0.544. The van der Waals surface area contributed by atoms with E-state index in [0.29, 0.717) is 13.1 Å². The summed E-state index contributed by atoms with van der Waals surface area (Å²) in [7, 11) is -3.04. The van der Waals surface area contributed by atoms with Gasteiger partial charge in [0.05, 0.1) is 12.1 Å². The van der Waals surface area contributed by atoms with Crippen LogP contribution in [0.4, 0.5) is 0 Å². The fraction of sp³-hybridized carbons (Fsp3) is 0.917. The monoisotopic (exact) mass is 290 g/mol. The lowest BCUT2D eigenvalue weighted by Crippen LogP contribution is -2.48. The third-order valence-electron chi connectivity index (χ3n) is 3.81. The van der Waals surface area contributed by atoms with Gasteiger partial charge in [-0.2, -0.15) is 4.31 Å². The van der Waals surface area contributed by atoms with E-state index in [4.69, 9.17) is 11.1 Å². The fourth-order valence-electron chi connectivity index (χ4n) is 2.16. The Balaban J connectivity index is 2.29. The molecule has 0 atom stereocenters. The zero-order valence-electron chi connectivity index (χ0n) is 12.1. The van der Waals surface area contributed by atoms with Crippen molar-refractivity contribution in [1.29, 1.82) is 5.41 Å². The van der Waals surface area contributed by atoms with Crippen LogP contribution in [0, 0.1) is 10.8 Å². The molecule has 0 amide bonds. The van der Waals surface area contributed by atoms with Crippen LogP contribution in [0.3, 0.4) is 0 Å². The molecule has 0 unspecified atom stereocenters. The third kappa shape index (κ3) is 5.08. The Hall–Kier alpha value is -0.660. The number of nitrogens with two attached hydrogens (primary N) is 1. The minimum atomic E-state index is -3.04. The highest BCUT2D eigenvalue weighted by Gasteiger charge is 2.24. The summed E-state index contributed by atoms with van der Waals surface area (Å²) in [5.41, 5.74) is 5.31. The summed E-state index contributed by atoms with van der Waals surface area (Å²) >= 11 is 0. The molecule has 0 aliphatic carbocycles. The van der Waals surface area contributed by atoms with Gasteiger partial charge in [0.15, 0.2) is 0 Å². The van der Waals surface area contributed by atoms with Crippen molar-refractivity contribution >= 4 is 15.9 Å². The van der Waals surface area contributed by atoms with E-state index in [-0.39, 0.29) is 11.3 Å². The average Bonchev–Trinajstić information content (AvgIpc) is 2.28. The van der Waals surface area contributed by atoms with E-state index in [1.54, 1.807) is 0 Å². The maximum Gasteiger partial charge on any atom is 0.211 e. The Morgan fingerprint density at radius 2 is 1.79 bits per heavy atom. The summed E-state index contributed by atoms with van der Waals surface area (Å²) in [5.74, 6) is 0.231. The van der Waals surface area contributed by atoms with Crippen molar-refractivity contribution in [1.82, 2.24) is 9.21 Å². The maximum atomic E-state index is 11.4. The minimum Gasteiger partial charge on any atom is -0.387 e. The fourth-order valence-corrected chi connectivity index (χ4v) is 2.99. The molecule has 19 heavy (non-hydrogen) atoms. The first-order valence-corrected chi connectivity index (χ1v) is 8.50. The van der Waals surface area contributed by atoms with Gasteiger partial charge in [0.1, 0.15) is 0 Å². The van der Waals surface area contributed by atoms with Crippen LogP contribution in [-0.2, 0) is 10.0 Å². The summed E-state index contributed by atoms with van der Waals surface area (Å²) in [4.78, 5) is 2.28. The molecule has 7 heteroatoms. The van der Waals surface area contributed by atoms with Crippen molar-refractivity contribution < 1.29 is 8.42 Å². The molecule has 1 heterocycles. The van der Waals surface area contributed by atoms with Crippen LogP contribution in [-0.4, -0.2) is 62.4 Å². The molecule has 1 aliphatic heterocycles. The molecule has 0 aromatic heterocycles. The second-order valence-electron chi connectivity index (χ2n) is 5.90. The highest BCUT2D eigenvalue weighted by molar-refractivity contribution is 7.88. The number of hydrogen-bond acceptors (Lipinski definition) is 4. The molecule has 0 saturated carbocycles. The maximum absolute atomic E-state index is 11.4. The molecule has 0 radical (unpaired) electrons. The van der Waals surface area contributed by atoms with Crippen molar-refractivity contribution in [3.05, 3.63) is 0 Å². The van der Waals surface area contributed by atoms with Crippen molar-refractivity contribution in [2.24, 2.45) is 11.1 Å². The molecule has 0 spiro atoms. The van der Waals surface area contributed by atoms with Crippen LogP contribution in [0.1, 0.15) is 26.7 Å². The van der Waals surface area contributed by atoms with E-state index in [1.165, 1.54) is 10.6 Å². The van der Waals surface area contributed by atoms with Gasteiger partial charge in [-0.3, -0.25) is 5.41 Å². The zero-order chi connectivity index (χ0) is 14.7. The lowest BCUT2D eigenvalue weighted by molar-refractivity contribution is 0.182. The summed E-state index contributed by atoms with van der Waals surface area (Å²) < 4.78 is 24.3. The second kappa shape index (κ2) is 6.19. The van der Waals surface area contributed by atoms with E-state index < -0.39 is 10.0 Å². The highest BCUT2D eigenvalue weighted by atomic mass is 32.2. The van der Waals surface area contributed by atoms with E-state index in [2.05, 4.69) is 4.90 Å². The first-order chi connectivity index (χ1) is 8.63. The van der Waals surface area contributed by atoms with Gasteiger partial charge in [0, 0.05) is 31.6 Å². The Morgan fingerprint density at radius 1 is 1.26 bits per heavy atom. The Morgan fingerprint density at radius 3 is 2.21 bits per heavy atom. The van der Waals surface area contributed by atoms with Gasteiger partial charge in [-0.25, -0.2) is 8.42 Å². The summed E-state index contributed by atoms with van der Waals surface area (Å²) in [6.07, 6.45) is 3.12. The molecule has 1 aliphatic rings.